The van der Waals surface area contributed by atoms with Gasteiger partial charge >= 0.3 is 12.3 Å². The van der Waals surface area contributed by atoms with Crippen LogP contribution >= 0.6 is 11.6 Å². The molecule has 0 bridgehead atoms. The Hall–Kier alpha value is -2.55. The van der Waals surface area contributed by atoms with Crippen LogP contribution in [0.2, 0.25) is 5.02 Å². The SMILES string of the molecule is COC(=O)c1nc(-c2cc3c(cc2F)OC(F)(F)O3)c(F)cc1Cl. The van der Waals surface area contributed by atoms with Gasteiger partial charge in [-0.15, -0.1) is 8.78 Å². The number of carbonyl (C=O) groups is 1. The molecule has 5 nitrogen and oxygen atoms in total. The van der Waals surface area contributed by atoms with Gasteiger partial charge < -0.3 is 14.2 Å². The highest BCUT2D eigenvalue weighted by atomic mass is 35.5. The Bertz CT molecular complexity index is 859. The number of halogens is 5. The summed E-state index contributed by atoms with van der Waals surface area (Å²) < 4.78 is 67.0. The zero-order valence-electron chi connectivity index (χ0n) is 11.7. The van der Waals surface area contributed by atoms with Gasteiger partial charge in [-0.3, -0.25) is 0 Å². The van der Waals surface area contributed by atoms with Crippen molar-refractivity contribution in [2.24, 2.45) is 0 Å². The number of fused-ring (bicyclic) bond motifs is 1. The molecule has 0 saturated heterocycles. The molecule has 0 spiro atoms. The molecule has 1 aliphatic heterocycles. The highest BCUT2D eigenvalue weighted by Gasteiger charge is 2.44. The monoisotopic (exact) mass is 363 g/mol. The van der Waals surface area contributed by atoms with Gasteiger partial charge in [0.1, 0.15) is 11.5 Å². The lowest BCUT2D eigenvalue weighted by Gasteiger charge is -2.09. The lowest BCUT2D eigenvalue weighted by atomic mass is 10.1. The maximum atomic E-state index is 14.1. The van der Waals surface area contributed by atoms with Crippen LogP contribution in [0.5, 0.6) is 11.5 Å². The molecule has 3 rings (SSSR count). The normalized spacial score (nSPS) is 14.6. The Balaban J connectivity index is 2.15. The number of rotatable bonds is 2. The standard InChI is InChI=1S/C14H6ClF4NO4/c1-22-13(21)12-6(15)3-8(17)11(20-12)5-2-9-10(4-7(5)16)24-14(18,19)23-9/h2-4H,1H3. The Morgan fingerprint density at radius 3 is 2.42 bits per heavy atom. The summed E-state index contributed by atoms with van der Waals surface area (Å²) in [6, 6.07) is 2.11. The topological polar surface area (TPSA) is 57.7 Å². The first-order chi connectivity index (χ1) is 11.2. The zero-order valence-corrected chi connectivity index (χ0v) is 12.5. The molecule has 1 aromatic heterocycles. The molecule has 10 heteroatoms. The van der Waals surface area contributed by atoms with Gasteiger partial charge in [0.15, 0.2) is 23.0 Å². The number of nitrogens with zero attached hydrogens (tertiary/aromatic N) is 1. The number of ether oxygens (including phenoxy) is 3. The molecule has 0 fully saturated rings. The number of benzene rings is 1. The third kappa shape index (κ3) is 2.71. The number of aromatic nitrogens is 1. The molecule has 0 aliphatic carbocycles. The van der Waals surface area contributed by atoms with Gasteiger partial charge in [0.05, 0.1) is 12.1 Å². The predicted octanol–water partition coefficient (Wildman–Crippen LogP) is 3.79. The summed E-state index contributed by atoms with van der Waals surface area (Å²) in [6.45, 7) is 0. The van der Waals surface area contributed by atoms with Crippen LogP contribution in [0.4, 0.5) is 17.6 Å². The molecule has 0 saturated carbocycles. The van der Waals surface area contributed by atoms with Gasteiger partial charge in [-0.25, -0.2) is 18.6 Å². The zero-order chi connectivity index (χ0) is 17.6. The highest BCUT2D eigenvalue weighted by molar-refractivity contribution is 6.33. The minimum Gasteiger partial charge on any atom is -0.464 e. The van der Waals surface area contributed by atoms with Crippen LogP contribution in [0.15, 0.2) is 18.2 Å². The van der Waals surface area contributed by atoms with E-state index < -0.39 is 52.3 Å². The van der Waals surface area contributed by atoms with Crippen molar-refractivity contribution in [3.63, 3.8) is 0 Å². The van der Waals surface area contributed by atoms with E-state index in [9.17, 15) is 22.4 Å². The second-order valence-electron chi connectivity index (χ2n) is 4.59. The Morgan fingerprint density at radius 2 is 1.79 bits per heavy atom. The van der Waals surface area contributed by atoms with Gasteiger partial charge in [-0.1, -0.05) is 11.6 Å². The van der Waals surface area contributed by atoms with Crippen molar-refractivity contribution in [1.29, 1.82) is 0 Å². The number of carbonyl (C=O) groups excluding carboxylic acids is 1. The second kappa shape index (κ2) is 5.52. The van der Waals surface area contributed by atoms with Crippen LogP contribution in [0.1, 0.15) is 10.5 Å². The predicted molar refractivity (Wildman–Crippen MR) is 72.1 cm³/mol. The summed E-state index contributed by atoms with van der Waals surface area (Å²) in [5, 5.41) is -0.351. The maximum absolute atomic E-state index is 14.1. The van der Waals surface area contributed by atoms with E-state index in [1.165, 1.54) is 0 Å². The first kappa shape index (κ1) is 16.3. The van der Waals surface area contributed by atoms with Crippen molar-refractivity contribution in [2.45, 2.75) is 6.29 Å². The maximum Gasteiger partial charge on any atom is 0.586 e. The Kier molecular flexibility index (Phi) is 3.75. The highest BCUT2D eigenvalue weighted by Crippen LogP contribution is 2.44. The third-order valence-electron chi connectivity index (χ3n) is 3.05. The minimum absolute atomic E-state index is 0.351. The number of alkyl halides is 2. The van der Waals surface area contributed by atoms with Gasteiger partial charge in [0.2, 0.25) is 0 Å². The first-order valence-corrected chi connectivity index (χ1v) is 6.64. The largest absolute Gasteiger partial charge is 0.586 e. The Morgan fingerprint density at radius 1 is 1.17 bits per heavy atom. The van der Waals surface area contributed by atoms with E-state index in [0.29, 0.717) is 6.07 Å². The van der Waals surface area contributed by atoms with Crippen molar-refractivity contribution < 1.29 is 36.6 Å². The van der Waals surface area contributed by atoms with Crippen molar-refractivity contribution >= 4 is 17.6 Å². The molecule has 126 valence electrons. The first-order valence-electron chi connectivity index (χ1n) is 6.26. The van der Waals surface area contributed by atoms with Crippen LogP contribution in [0, 0.1) is 11.6 Å². The van der Waals surface area contributed by atoms with Crippen molar-refractivity contribution in [2.75, 3.05) is 7.11 Å². The lowest BCUT2D eigenvalue weighted by Crippen LogP contribution is -2.25. The van der Waals surface area contributed by atoms with Gasteiger partial charge in [-0.05, 0) is 12.1 Å². The fraction of sp³-hybridized carbons (Fsp3) is 0.143. The smallest absolute Gasteiger partial charge is 0.464 e. The average molecular weight is 364 g/mol. The molecule has 0 amide bonds. The molecule has 24 heavy (non-hydrogen) atoms. The van der Waals surface area contributed by atoms with Gasteiger partial charge in [0, 0.05) is 11.6 Å². The fourth-order valence-electron chi connectivity index (χ4n) is 2.05. The summed E-state index contributed by atoms with van der Waals surface area (Å²) in [5.41, 5.74) is -1.61. The van der Waals surface area contributed by atoms with Crippen LogP contribution in [0.3, 0.4) is 0 Å². The van der Waals surface area contributed by atoms with Crippen LogP contribution < -0.4 is 9.47 Å². The summed E-state index contributed by atoms with van der Waals surface area (Å²) in [4.78, 5) is 15.2. The summed E-state index contributed by atoms with van der Waals surface area (Å²) in [7, 11) is 1.05. The minimum atomic E-state index is -3.96. The second-order valence-corrected chi connectivity index (χ2v) is 4.99. The average Bonchev–Trinajstić information content (AvgIpc) is 2.79. The molecule has 2 aromatic rings. The number of methoxy groups -OCH3 is 1. The third-order valence-corrected chi connectivity index (χ3v) is 3.34. The molecule has 0 N–H and O–H groups in total. The fourth-order valence-corrected chi connectivity index (χ4v) is 2.26. The number of hydrogen-bond acceptors (Lipinski definition) is 5. The molecule has 1 aliphatic rings. The molecule has 0 radical (unpaired) electrons. The number of hydrogen-bond donors (Lipinski definition) is 0. The van der Waals surface area contributed by atoms with Crippen molar-refractivity contribution in [3.05, 3.63) is 40.6 Å². The number of esters is 1. The summed E-state index contributed by atoms with van der Waals surface area (Å²) in [5.74, 6) is -4.22. The van der Waals surface area contributed by atoms with E-state index in [1.807, 2.05) is 0 Å². The molecular formula is C14H6ClF4NO4. The Labute approximate surface area is 136 Å². The van der Waals surface area contributed by atoms with E-state index in [-0.39, 0.29) is 5.02 Å². The number of pyridine rings is 1. The van der Waals surface area contributed by atoms with Crippen LogP contribution in [0.25, 0.3) is 11.3 Å². The van der Waals surface area contributed by atoms with Gasteiger partial charge in [-0.2, -0.15) is 0 Å². The molecule has 2 heterocycles. The lowest BCUT2D eigenvalue weighted by molar-refractivity contribution is -0.286. The molecule has 0 unspecified atom stereocenters. The van der Waals surface area contributed by atoms with Crippen molar-refractivity contribution in [3.8, 4) is 22.8 Å². The molecular weight excluding hydrogens is 358 g/mol. The van der Waals surface area contributed by atoms with Crippen molar-refractivity contribution in [1.82, 2.24) is 4.98 Å². The molecule has 0 atom stereocenters. The van der Waals surface area contributed by atoms with E-state index in [4.69, 9.17) is 11.6 Å². The van der Waals surface area contributed by atoms with Gasteiger partial charge in [0.25, 0.3) is 0 Å². The summed E-state index contributed by atoms with van der Waals surface area (Å²) >= 11 is 5.69. The van der Waals surface area contributed by atoms with E-state index in [2.05, 4.69) is 19.2 Å². The molecule has 1 aromatic carbocycles. The quantitative estimate of drug-likeness (QED) is 0.600. The van der Waals surface area contributed by atoms with E-state index >= 15 is 0 Å². The van der Waals surface area contributed by atoms with E-state index in [1.54, 1.807) is 0 Å². The van der Waals surface area contributed by atoms with Crippen LogP contribution in [-0.2, 0) is 4.74 Å². The van der Waals surface area contributed by atoms with E-state index in [0.717, 1.165) is 19.2 Å². The van der Waals surface area contributed by atoms with Crippen LogP contribution in [-0.4, -0.2) is 24.4 Å². The summed E-state index contributed by atoms with van der Waals surface area (Å²) in [6.07, 6.45) is -3.96.